The molecule has 0 saturated heterocycles. The van der Waals surface area contributed by atoms with Crippen LogP contribution in [0.5, 0.6) is 0 Å². The molecule has 0 aromatic heterocycles. The molecule has 0 spiro atoms. The van der Waals surface area contributed by atoms with E-state index in [9.17, 15) is 0 Å². The van der Waals surface area contributed by atoms with Crippen molar-refractivity contribution in [3.8, 4) is 0 Å². The standard InChI is InChI=1S/C16H30/c1-5-8-9-11-15-14(10-6-2)16(15)12-13(4)7-3/h12,14-16H,5-11H2,1-4H3. The first kappa shape index (κ1) is 13.8. The average Bonchev–Trinajstić information content (AvgIpc) is 2.92. The van der Waals surface area contributed by atoms with Crippen LogP contribution in [0.15, 0.2) is 11.6 Å². The van der Waals surface area contributed by atoms with Crippen LogP contribution in [0.2, 0.25) is 0 Å². The minimum Gasteiger partial charge on any atom is -0.0819 e. The highest BCUT2D eigenvalue weighted by Crippen LogP contribution is 2.53. The van der Waals surface area contributed by atoms with Gasteiger partial charge in [-0.15, -0.1) is 0 Å². The molecule has 1 saturated carbocycles. The van der Waals surface area contributed by atoms with Gasteiger partial charge < -0.3 is 0 Å². The van der Waals surface area contributed by atoms with Crippen LogP contribution < -0.4 is 0 Å². The van der Waals surface area contributed by atoms with Crippen LogP contribution in [0.1, 0.15) is 72.6 Å². The summed E-state index contributed by atoms with van der Waals surface area (Å²) in [6, 6.07) is 0. The van der Waals surface area contributed by atoms with Gasteiger partial charge in [-0.2, -0.15) is 0 Å². The van der Waals surface area contributed by atoms with Gasteiger partial charge in [-0.25, -0.2) is 0 Å². The lowest BCUT2D eigenvalue weighted by molar-refractivity contribution is 0.559. The Morgan fingerprint density at radius 1 is 0.938 bits per heavy atom. The smallest absolute Gasteiger partial charge is 0.0168 e. The van der Waals surface area contributed by atoms with Gasteiger partial charge in [0.25, 0.3) is 0 Å². The van der Waals surface area contributed by atoms with Crippen molar-refractivity contribution >= 4 is 0 Å². The SMILES string of the molecule is CCCCCC1C(C=C(C)CC)C1CCC. The molecule has 0 amide bonds. The lowest BCUT2D eigenvalue weighted by Crippen LogP contribution is -1.83. The van der Waals surface area contributed by atoms with Gasteiger partial charge in [0.2, 0.25) is 0 Å². The lowest BCUT2D eigenvalue weighted by atomic mass is 10.1. The Labute approximate surface area is 103 Å². The summed E-state index contributed by atoms with van der Waals surface area (Å²) in [7, 11) is 0. The minimum atomic E-state index is 0.941. The van der Waals surface area contributed by atoms with Crippen molar-refractivity contribution in [2.45, 2.75) is 72.6 Å². The molecule has 1 aliphatic rings. The van der Waals surface area contributed by atoms with Gasteiger partial charge in [-0.3, -0.25) is 0 Å². The van der Waals surface area contributed by atoms with Crippen molar-refractivity contribution < 1.29 is 0 Å². The second-order valence-electron chi connectivity index (χ2n) is 5.56. The summed E-state index contributed by atoms with van der Waals surface area (Å²) in [5, 5.41) is 0. The van der Waals surface area contributed by atoms with E-state index in [0.29, 0.717) is 0 Å². The summed E-state index contributed by atoms with van der Waals surface area (Å²) < 4.78 is 0. The van der Waals surface area contributed by atoms with E-state index < -0.39 is 0 Å². The molecule has 0 bridgehead atoms. The predicted molar refractivity (Wildman–Crippen MR) is 73.6 cm³/mol. The van der Waals surface area contributed by atoms with Gasteiger partial charge >= 0.3 is 0 Å². The molecule has 3 unspecified atom stereocenters. The molecule has 0 aliphatic heterocycles. The summed E-state index contributed by atoms with van der Waals surface area (Å²) in [5.41, 5.74) is 1.60. The molecule has 16 heavy (non-hydrogen) atoms. The zero-order chi connectivity index (χ0) is 12.0. The Hall–Kier alpha value is -0.260. The van der Waals surface area contributed by atoms with E-state index in [0.717, 1.165) is 17.8 Å². The fraction of sp³-hybridized carbons (Fsp3) is 0.875. The van der Waals surface area contributed by atoms with Crippen molar-refractivity contribution in [3.63, 3.8) is 0 Å². The monoisotopic (exact) mass is 222 g/mol. The Kier molecular flexibility index (Phi) is 6.16. The third kappa shape index (κ3) is 3.96. The quantitative estimate of drug-likeness (QED) is 0.371. The van der Waals surface area contributed by atoms with Crippen molar-refractivity contribution in [3.05, 3.63) is 11.6 Å². The van der Waals surface area contributed by atoms with E-state index in [1.54, 1.807) is 5.57 Å². The Morgan fingerprint density at radius 3 is 2.19 bits per heavy atom. The predicted octanol–water partition coefficient (Wildman–Crippen LogP) is 5.59. The fourth-order valence-corrected chi connectivity index (χ4v) is 2.94. The topological polar surface area (TPSA) is 0 Å². The highest BCUT2D eigenvalue weighted by Gasteiger charge is 2.46. The Morgan fingerprint density at radius 2 is 1.62 bits per heavy atom. The van der Waals surface area contributed by atoms with Crippen molar-refractivity contribution in [1.29, 1.82) is 0 Å². The number of hydrogen-bond donors (Lipinski definition) is 0. The van der Waals surface area contributed by atoms with Gasteiger partial charge in [-0.1, -0.05) is 58.1 Å². The molecule has 0 heterocycles. The van der Waals surface area contributed by atoms with E-state index >= 15 is 0 Å². The molecule has 0 aromatic carbocycles. The van der Waals surface area contributed by atoms with Crippen LogP contribution in [-0.4, -0.2) is 0 Å². The molecule has 1 rings (SSSR count). The molecule has 1 fully saturated rings. The van der Waals surface area contributed by atoms with Crippen molar-refractivity contribution in [2.24, 2.45) is 17.8 Å². The third-order valence-corrected chi connectivity index (χ3v) is 4.20. The van der Waals surface area contributed by atoms with Crippen LogP contribution in [0.25, 0.3) is 0 Å². The molecule has 94 valence electrons. The average molecular weight is 222 g/mol. The molecule has 0 aromatic rings. The molecule has 0 nitrogen and oxygen atoms in total. The van der Waals surface area contributed by atoms with Gasteiger partial charge in [0, 0.05) is 0 Å². The fourth-order valence-electron chi connectivity index (χ4n) is 2.94. The van der Waals surface area contributed by atoms with Gasteiger partial charge in [0.15, 0.2) is 0 Å². The van der Waals surface area contributed by atoms with E-state index in [-0.39, 0.29) is 0 Å². The van der Waals surface area contributed by atoms with E-state index in [1.807, 2.05) is 0 Å². The van der Waals surface area contributed by atoms with Crippen LogP contribution in [0.3, 0.4) is 0 Å². The second kappa shape index (κ2) is 7.14. The van der Waals surface area contributed by atoms with E-state index in [2.05, 4.69) is 33.8 Å². The minimum absolute atomic E-state index is 0.941. The highest BCUT2D eigenvalue weighted by molar-refractivity contribution is 5.12. The van der Waals surface area contributed by atoms with Crippen molar-refractivity contribution in [1.82, 2.24) is 0 Å². The maximum Gasteiger partial charge on any atom is -0.0168 e. The summed E-state index contributed by atoms with van der Waals surface area (Å²) in [5.74, 6) is 3.01. The van der Waals surface area contributed by atoms with Crippen molar-refractivity contribution in [2.75, 3.05) is 0 Å². The molecular formula is C16H30. The molecule has 3 atom stereocenters. The number of allylic oxidation sites excluding steroid dienone is 2. The van der Waals surface area contributed by atoms with E-state index in [1.165, 1.54) is 44.9 Å². The molecule has 0 radical (unpaired) electrons. The first-order chi connectivity index (χ1) is 7.74. The molecule has 1 aliphatic carbocycles. The summed E-state index contributed by atoms with van der Waals surface area (Å²) in [4.78, 5) is 0. The number of rotatable bonds is 8. The largest absolute Gasteiger partial charge is 0.0819 e. The highest BCUT2D eigenvalue weighted by atomic mass is 14.5. The van der Waals surface area contributed by atoms with Crippen LogP contribution >= 0.6 is 0 Å². The van der Waals surface area contributed by atoms with E-state index in [4.69, 9.17) is 0 Å². The zero-order valence-electron chi connectivity index (χ0n) is 11.8. The van der Waals surface area contributed by atoms with Crippen LogP contribution in [-0.2, 0) is 0 Å². The summed E-state index contributed by atoms with van der Waals surface area (Å²) in [6.45, 7) is 9.20. The normalized spacial score (nSPS) is 29.5. The van der Waals surface area contributed by atoms with Gasteiger partial charge in [0.05, 0.1) is 0 Å². The van der Waals surface area contributed by atoms with Gasteiger partial charge in [-0.05, 0) is 43.9 Å². The lowest BCUT2D eigenvalue weighted by Gasteiger charge is -1.97. The molecular weight excluding hydrogens is 192 g/mol. The molecule has 0 N–H and O–H groups in total. The first-order valence-corrected chi connectivity index (χ1v) is 7.41. The van der Waals surface area contributed by atoms with Crippen LogP contribution in [0, 0.1) is 17.8 Å². The summed E-state index contributed by atoms with van der Waals surface area (Å²) in [6.07, 6.45) is 12.4. The third-order valence-electron chi connectivity index (χ3n) is 4.20. The maximum atomic E-state index is 2.58. The number of unbranched alkanes of at least 4 members (excludes halogenated alkanes) is 2. The van der Waals surface area contributed by atoms with Gasteiger partial charge in [0.1, 0.15) is 0 Å². The zero-order valence-corrected chi connectivity index (χ0v) is 11.8. The summed E-state index contributed by atoms with van der Waals surface area (Å²) >= 11 is 0. The maximum absolute atomic E-state index is 2.58. The Balaban J connectivity index is 2.37. The number of hydrogen-bond acceptors (Lipinski definition) is 0. The second-order valence-corrected chi connectivity index (χ2v) is 5.56. The first-order valence-electron chi connectivity index (χ1n) is 7.41. The molecule has 0 heteroatoms. The Bertz CT molecular complexity index is 214. The van der Waals surface area contributed by atoms with Crippen LogP contribution in [0.4, 0.5) is 0 Å².